The van der Waals surface area contributed by atoms with Crippen LogP contribution >= 0.6 is 18.9 Å². The average Bonchev–Trinajstić information content (AvgIpc) is 1.68. The van der Waals surface area contributed by atoms with E-state index >= 15 is 0 Å². The second kappa shape index (κ2) is 4.45. The molecule has 0 radical (unpaired) electrons. The SMILES string of the molecule is O=C(CNP)OP. The first-order valence-corrected chi connectivity index (χ1v) is 2.69. The zero-order chi connectivity index (χ0) is 5.70. The monoisotopic (exact) mass is 139 g/mol. The molecule has 0 fully saturated rings. The normalized spacial score (nSPS) is 8.29. The maximum atomic E-state index is 10.1. The van der Waals surface area contributed by atoms with E-state index in [1.165, 1.54) is 0 Å². The predicted molar refractivity (Wildman–Crippen MR) is 33.5 cm³/mol. The Morgan fingerprint density at radius 1 is 1.86 bits per heavy atom. The molecule has 0 aliphatic heterocycles. The zero-order valence-electron chi connectivity index (χ0n) is 3.68. The maximum Gasteiger partial charge on any atom is 0.322 e. The minimum Gasteiger partial charge on any atom is -0.451 e. The van der Waals surface area contributed by atoms with Gasteiger partial charge in [-0.2, -0.15) is 0 Å². The zero-order valence-corrected chi connectivity index (χ0v) is 5.99. The van der Waals surface area contributed by atoms with E-state index in [0.717, 1.165) is 0 Å². The van der Waals surface area contributed by atoms with Crippen LogP contribution in [0.1, 0.15) is 0 Å². The van der Waals surface area contributed by atoms with Crippen LogP contribution in [0.2, 0.25) is 0 Å². The molecule has 0 aromatic heterocycles. The van der Waals surface area contributed by atoms with Gasteiger partial charge in [0.25, 0.3) is 0 Å². The number of rotatable bonds is 2. The van der Waals surface area contributed by atoms with E-state index in [0.29, 0.717) is 0 Å². The molecule has 0 aromatic carbocycles. The van der Waals surface area contributed by atoms with Crippen LogP contribution in [0.15, 0.2) is 0 Å². The molecule has 0 heterocycles. The van der Waals surface area contributed by atoms with Crippen LogP contribution in [0.4, 0.5) is 0 Å². The molecule has 1 N–H and O–H groups in total. The fourth-order valence-corrected chi connectivity index (χ4v) is 0.375. The van der Waals surface area contributed by atoms with Crippen molar-refractivity contribution in [3.8, 4) is 0 Å². The summed E-state index contributed by atoms with van der Waals surface area (Å²) >= 11 is 0. The maximum absolute atomic E-state index is 10.1. The molecular formula is C2H7NO2P2. The number of hydrogen-bond donors (Lipinski definition) is 1. The van der Waals surface area contributed by atoms with Gasteiger partial charge in [0, 0.05) is 0 Å². The van der Waals surface area contributed by atoms with E-state index in [4.69, 9.17) is 0 Å². The standard InChI is InChI=1S/C2H7NO2P2/c4-2(5-7)1-3-6/h3H,1,6-7H2. The lowest BCUT2D eigenvalue weighted by Crippen LogP contribution is -2.12. The largest absolute Gasteiger partial charge is 0.451 e. The van der Waals surface area contributed by atoms with Gasteiger partial charge in [-0.25, -0.2) is 0 Å². The van der Waals surface area contributed by atoms with Crippen molar-refractivity contribution in [1.82, 2.24) is 5.09 Å². The molecule has 3 nitrogen and oxygen atoms in total. The highest BCUT2D eigenvalue weighted by Crippen LogP contribution is 1.84. The van der Waals surface area contributed by atoms with E-state index in [2.05, 4.69) is 19.0 Å². The summed E-state index contributed by atoms with van der Waals surface area (Å²) in [4.78, 5) is 10.1. The molecule has 7 heavy (non-hydrogen) atoms. The number of nitrogens with one attached hydrogen (secondary N) is 1. The Labute approximate surface area is 46.7 Å². The minimum absolute atomic E-state index is 0.230. The summed E-state index contributed by atoms with van der Waals surface area (Å²) in [6, 6.07) is 0. The first-order valence-electron chi connectivity index (χ1n) is 1.64. The molecule has 0 aliphatic rings. The molecule has 0 aliphatic carbocycles. The third-order valence-corrected chi connectivity index (χ3v) is 0.845. The highest BCUT2D eigenvalue weighted by molar-refractivity contribution is 7.13. The van der Waals surface area contributed by atoms with Crippen LogP contribution < -0.4 is 5.09 Å². The Hall–Kier alpha value is 0.290. The van der Waals surface area contributed by atoms with Crippen LogP contribution in [0.25, 0.3) is 0 Å². The molecule has 2 unspecified atom stereocenters. The summed E-state index contributed by atoms with van der Waals surface area (Å²) in [5.74, 6) is -0.292. The first-order chi connectivity index (χ1) is 3.31. The average molecular weight is 139 g/mol. The Balaban J connectivity index is 3.00. The van der Waals surface area contributed by atoms with Crippen molar-refractivity contribution in [1.29, 1.82) is 0 Å². The van der Waals surface area contributed by atoms with Crippen molar-refractivity contribution >= 4 is 24.8 Å². The molecule has 0 bridgehead atoms. The summed E-state index contributed by atoms with van der Waals surface area (Å²) in [5.41, 5.74) is 0. The van der Waals surface area contributed by atoms with E-state index in [1.54, 1.807) is 0 Å². The summed E-state index contributed by atoms with van der Waals surface area (Å²) < 4.78 is 4.19. The van der Waals surface area contributed by atoms with E-state index in [1.807, 2.05) is 9.47 Å². The summed E-state index contributed by atoms with van der Waals surface area (Å²) in [7, 11) is 4.06. The molecule has 0 saturated carbocycles. The Morgan fingerprint density at radius 3 is 2.57 bits per heavy atom. The molecule has 5 heteroatoms. The summed E-state index contributed by atoms with van der Waals surface area (Å²) in [5, 5.41) is 2.55. The van der Waals surface area contributed by atoms with E-state index in [9.17, 15) is 4.79 Å². The second-order valence-electron chi connectivity index (χ2n) is 0.871. The predicted octanol–water partition coefficient (Wildman–Crippen LogP) is -0.301. The van der Waals surface area contributed by atoms with Crippen molar-refractivity contribution in [3.63, 3.8) is 0 Å². The lowest BCUT2D eigenvalue weighted by molar-refractivity contribution is -0.131. The van der Waals surface area contributed by atoms with E-state index in [-0.39, 0.29) is 12.5 Å². The van der Waals surface area contributed by atoms with Crippen LogP contribution in [0.5, 0.6) is 0 Å². The topological polar surface area (TPSA) is 38.3 Å². The fraction of sp³-hybridized carbons (Fsp3) is 0.500. The second-order valence-corrected chi connectivity index (χ2v) is 1.51. The summed E-state index contributed by atoms with van der Waals surface area (Å²) in [6.45, 7) is 0.230. The van der Waals surface area contributed by atoms with Gasteiger partial charge in [0.2, 0.25) is 0 Å². The lowest BCUT2D eigenvalue weighted by Gasteiger charge is -1.92. The third-order valence-electron chi connectivity index (χ3n) is 0.378. The van der Waals surface area contributed by atoms with Gasteiger partial charge < -0.3 is 4.52 Å². The Morgan fingerprint density at radius 2 is 2.43 bits per heavy atom. The van der Waals surface area contributed by atoms with Gasteiger partial charge in [-0.15, -0.1) is 0 Å². The molecule has 2 atom stereocenters. The Kier molecular flexibility index (Phi) is 4.63. The van der Waals surface area contributed by atoms with Crippen LogP contribution in [0.3, 0.4) is 0 Å². The highest BCUT2D eigenvalue weighted by atomic mass is 31.0. The van der Waals surface area contributed by atoms with Crippen LogP contribution in [-0.2, 0) is 9.32 Å². The first kappa shape index (κ1) is 7.29. The van der Waals surface area contributed by atoms with Crippen LogP contribution in [-0.4, -0.2) is 12.5 Å². The molecule has 42 valence electrons. The smallest absolute Gasteiger partial charge is 0.322 e. The fourth-order valence-electron chi connectivity index (χ4n) is 0.125. The van der Waals surface area contributed by atoms with Gasteiger partial charge in [-0.1, -0.05) is 9.39 Å². The number of carbonyl (C=O) groups is 1. The van der Waals surface area contributed by atoms with Gasteiger partial charge in [-0.05, 0) is 0 Å². The van der Waals surface area contributed by atoms with Gasteiger partial charge in [0.1, 0.15) is 0 Å². The molecule has 0 spiro atoms. The third kappa shape index (κ3) is 4.14. The molecule has 0 amide bonds. The van der Waals surface area contributed by atoms with Crippen molar-refractivity contribution < 1.29 is 9.32 Å². The molecule has 0 saturated heterocycles. The quantitative estimate of drug-likeness (QED) is 0.533. The molecular weight excluding hydrogens is 132 g/mol. The van der Waals surface area contributed by atoms with Crippen LogP contribution in [0, 0.1) is 0 Å². The van der Waals surface area contributed by atoms with Gasteiger partial charge in [-0.3, -0.25) is 9.88 Å². The molecule has 0 rings (SSSR count). The van der Waals surface area contributed by atoms with Gasteiger partial charge >= 0.3 is 5.97 Å². The summed E-state index contributed by atoms with van der Waals surface area (Å²) in [6.07, 6.45) is 0. The van der Waals surface area contributed by atoms with E-state index < -0.39 is 0 Å². The number of carbonyl (C=O) groups excluding carboxylic acids is 1. The van der Waals surface area contributed by atoms with Crippen molar-refractivity contribution in [2.24, 2.45) is 0 Å². The van der Waals surface area contributed by atoms with Gasteiger partial charge in [0.15, 0.2) is 0 Å². The minimum atomic E-state index is -0.292. The van der Waals surface area contributed by atoms with Crippen molar-refractivity contribution in [2.75, 3.05) is 6.54 Å². The Bertz CT molecular complexity index is 66.7. The number of hydrogen-bond acceptors (Lipinski definition) is 3. The lowest BCUT2D eigenvalue weighted by atomic mass is 10.7. The van der Waals surface area contributed by atoms with Gasteiger partial charge in [0.05, 0.1) is 16.0 Å². The molecule has 0 aromatic rings. The van der Waals surface area contributed by atoms with Crippen molar-refractivity contribution in [2.45, 2.75) is 0 Å². The highest BCUT2D eigenvalue weighted by Gasteiger charge is 1.92. The van der Waals surface area contributed by atoms with Crippen molar-refractivity contribution in [3.05, 3.63) is 0 Å².